The van der Waals surface area contributed by atoms with E-state index in [9.17, 15) is 4.39 Å². The van der Waals surface area contributed by atoms with Crippen LogP contribution in [0.5, 0.6) is 0 Å². The second-order valence-corrected chi connectivity index (χ2v) is 6.94. The van der Waals surface area contributed by atoms with Crippen molar-refractivity contribution in [2.24, 2.45) is 5.92 Å². The van der Waals surface area contributed by atoms with Gasteiger partial charge in [-0.3, -0.25) is 0 Å². The largest absolute Gasteiger partial charge is 0.368 e. The van der Waals surface area contributed by atoms with Crippen molar-refractivity contribution >= 4 is 34.3 Å². The van der Waals surface area contributed by atoms with E-state index in [1.807, 2.05) is 18.2 Å². The average molecular weight is 357 g/mol. The molecule has 1 atom stereocenters. The fraction of sp³-hybridized carbons (Fsp3) is 0.263. The van der Waals surface area contributed by atoms with Crippen LogP contribution in [0.4, 0.5) is 16.2 Å². The average Bonchev–Trinajstić information content (AvgIpc) is 3.41. The maximum Gasteiger partial charge on any atom is 0.222 e. The van der Waals surface area contributed by atoms with E-state index >= 15 is 0 Å². The highest BCUT2D eigenvalue weighted by molar-refractivity contribution is 6.31. The Labute approximate surface area is 150 Å². The van der Waals surface area contributed by atoms with Crippen LogP contribution in [0.2, 0.25) is 5.02 Å². The van der Waals surface area contributed by atoms with E-state index in [-0.39, 0.29) is 11.0 Å². The Balaban J connectivity index is 1.90. The summed E-state index contributed by atoms with van der Waals surface area (Å²) in [6.07, 6.45) is 2.46. The molecule has 1 fully saturated rings. The highest BCUT2D eigenvalue weighted by atomic mass is 35.5. The van der Waals surface area contributed by atoms with Gasteiger partial charge in [0.2, 0.25) is 5.95 Å². The van der Waals surface area contributed by atoms with Crippen molar-refractivity contribution in [2.75, 3.05) is 11.1 Å². The zero-order valence-corrected chi connectivity index (χ0v) is 14.5. The van der Waals surface area contributed by atoms with Gasteiger partial charge in [0.25, 0.3) is 0 Å². The topological polar surface area (TPSA) is 63.8 Å². The smallest absolute Gasteiger partial charge is 0.222 e. The lowest BCUT2D eigenvalue weighted by atomic mass is 10.0. The van der Waals surface area contributed by atoms with Crippen LogP contribution < -0.4 is 11.1 Å². The number of hydrogen-bond acceptors (Lipinski definition) is 4. The summed E-state index contributed by atoms with van der Waals surface area (Å²) in [5.74, 6) is 1.16. The lowest BCUT2D eigenvalue weighted by Gasteiger charge is -2.17. The number of nitrogens with one attached hydrogen (secondary N) is 1. The molecule has 0 bridgehead atoms. The number of aromatic nitrogens is 2. The zero-order chi connectivity index (χ0) is 17.6. The van der Waals surface area contributed by atoms with Crippen molar-refractivity contribution in [1.82, 2.24) is 9.97 Å². The first kappa shape index (κ1) is 16.1. The van der Waals surface area contributed by atoms with E-state index < -0.39 is 5.82 Å². The molecule has 1 aliphatic rings. The van der Waals surface area contributed by atoms with E-state index in [1.165, 1.54) is 18.9 Å². The van der Waals surface area contributed by atoms with Crippen LogP contribution in [-0.2, 0) is 0 Å². The van der Waals surface area contributed by atoms with Gasteiger partial charge in [0.05, 0.1) is 15.9 Å². The molecule has 128 valence electrons. The highest BCUT2D eigenvalue weighted by Crippen LogP contribution is 2.37. The molecule has 1 unspecified atom stereocenters. The van der Waals surface area contributed by atoms with Crippen molar-refractivity contribution in [3.8, 4) is 11.1 Å². The lowest BCUT2D eigenvalue weighted by molar-refractivity contribution is 0.628. The van der Waals surface area contributed by atoms with Crippen molar-refractivity contribution in [3.63, 3.8) is 0 Å². The Morgan fingerprint density at radius 2 is 2.04 bits per heavy atom. The Morgan fingerprint density at radius 1 is 1.24 bits per heavy atom. The number of nitrogens with two attached hydrogens (primary N) is 1. The fourth-order valence-corrected chi connectivity index (χ4v) is 3.32. The molecule has 3 aromatic rings. The molecule has 1 saturated carbocycles. The van der Waals surface area contributed by atoms with Crippen molar-refractivity contribution in [3.05, 3.63) is 47.2 Å². The molecule has 4 rings (SSSR count). The van der Waals surface area contributed by atoms with Crippen LogP contribution in [0.25, 0.3) is 22.0 Å². The molecular weight excluding hydrogens is 339 g/mol. The maximum absolute atomic E-state index is 13.5. The quantitative estimate of drug-likeness (QED) is 0.699. The summed E-state index contributed by atoms with van der Waals surface area (Å²) in [4.78, 5) is 8.78. The summed E-state index contributed by atoms with van der Waals surface area (Å²) in [6, 6.07) is 10.8. The van der Waals surface area contributed by atoms with Gasteiger partial charge >= 0.3 is 0 Å². The Hall–Kier alpha value is -2.40. The first-order chi connectivity index (χ1) is 12.0. The number of hydrogen-bond donors (Lipinski definition) is 2. The van der Waals surface area contributed by atoms with Gasteiger partial charge in [-0.05, 0) is 55.0 Å². The molecule has 0 spiro atoms. The van der Waals surface area contributed by atoms with E-state index in [2.05, 4.69) is 22.2 Å². The standard InChI is InChI=1S/C19H18ClFN4/c1-10(11-5-6-11)23-18-17-13(12-7-8-15(21)14(20)9-12)3-2-4-16(17)24-19(22)25-18/h2-4,7-11H,5-6H2,1H3,(H3,22,23,24,25). The Bertz CT molecular complexity index is 956. The number of nitrogen functional groups attached to an aromatic ring is 1. The molecule has 0 saturated heterocycles. The number of halogens is 2. The molecular formula is C19H18ClFN4. The van der Waals surface area contributed by atoms with Crippen LogP contribution in [0.15, 0.2) is 36.4 Å². The molecule has 1 aliphatic carbocycles. The van der Waals surface area contributed by atoms with Crippen LogP contribution in [-0.4, -0.2) is 16.0 Å². The number of nitrogens with zero attached hydrogens (tertiary/aromatic N) is 2. The molecule has 1 heterocycles. The predicted octanol–water partition coefficient (Wildman–Crippen LogP) is 4.88. The molecule has 3 N–H and O–H groups in total. The molecule has 1 aromatic heterocycles. The second-order valence-electron chi connectivity index (χ2n) is 6.53. The van der Waals surface area contributed by atoms with E-state index in [1.54, 1.807) is 12.1 Å². The number of benzene rings is 2. The molecule has 2 aromatic carbocycles. The molecule has 0 amide bonds. The third-order valence-corrected chi connectivity index (χ3v) is 4.95. The molecule has 6 heteroatoms. The normalized spacial score (nSPS) is 15.3. The third-order valence-electron chi connectivity index (χ3n) is 4.66. The molecule has 4 nitrogen and oxygen atoms in total. The van der Waals surface area contributed by atoms with Crippen molar-refractivity contribution < 1.29 is 4.39 Å². The summed E-state index contributed by atoms with van der Waals surface area (Å²) < 4.78 is 13.5. The first-order valence-electron chi connectivity index (χ1n) is 8.31. The second kappa shape index (κ2) is 6.15. The fourth-order valence-electron chi connectivity index (χ4n) is 3.14. The van der Waals surface area contributed by atoms with E-state index in [4.69, 9.17) is 17.3 Å². The Morgan fingerprint density at radius 3 is 2.76 bits per heavy atom. The minimum atomic E-state index is -0.438. The van der Waals surface area contributed by atoms with E-state index in [0.29, 0.717) is 17.8 Å². The van der Waals surface area contributed by atoms with Gasteiger partial charge in [0.1, 0.15) is 11.6 Å². The third kappa shape index (κ3) is 3.12. The van der Waals surface area contributed by atoms with Gasteiger partial charge in [0, 0.05) is 6.04 Å². The minimum Gasteiger partial charge on any atom is -0.368 e. The highest BCUT2D eigenvalue weighted by Gasteiger charge is 2.28. The first-order valence-corrected chi connectivity index (χ1v) is 8.69. The van der Waals surface area contributed by atoms with Gasteiger partial charge in [-0.1, -0.05) is 29.8 Å². The number of rotatable bonds is 4. The van der Waals surface area contributed by atoms with Gasteiger partial charge in [0.15, 0.2) is 0 Å². The van der Waals surface area contributed by atoms with Crippen molar-refractivity contribution in [1.29, 1.82) is 0 Å². The monoisotopic (exact) mass is 356 g/mol. The Kier molecular flexibility index (Phi) is 3.96. The van der Waals surface area contributed by atoms with Crippen LogP contribution in [0.1, 0.15) is 19.8 Å². The minimum absolute atomic E-state index is 0.0896. The van der Waals surface area contributed by atoms with Gasteiger partial charge in [-0.25, -0.2) is 9.37 Å². The summed E-state index contributed by atoms with van der Waals surface area (Å²) >= 11 is 5.97. The predicted molar refractivity (Wildman–Crippen MR) is 100 cm³/mol. The van der Waals surface area contributed by atoms with Crippen LogP contribution in [0.3, 0.4) is 0 Å². The summed E-state index contributed by atoms with van der Waals surface area (Å²) in [7, 11) is 0. The molecule has 0 aliphatic heterocycles. The number of anilines is 2. The molecule has 0 radical (unpaired) electrons. The van der Waals surface area contributed by atoms with Crippen molar-refractivity contribution in [2.45, 2.75) is 25.8 Å². The van der Waals surface area contributed by atoms with Gasteiger partial charge in [-0.15, -0.1) is 0 Å². The maximum atomic E-state index is 13.5. The van der Waals surface area contributed by atoms with E-state index in [0.717, 1.165) is 22.0 Å². The van der Waals surface area contributed by atoms with Gasteiger partial charge < -0.3 is 11.1 Å². The number of fused-ring (bicyclic) bond motifs is 1. The lowest BCUT2D eigenvalue weighted by Crippen LogP contribution is -2.19. The summed E-state index contributed by atoms with van der Waals surface area (Å²) in [5, 5.41) is 4.44. The summed E-state index contributed by atoms with van der Waals surface area (Å²) in [6.45, 7) is 2.15. The van der Waals surface area contributed by atoms with Gasteiger partial charge in [-0.2, -0.15) is 4.98 Å². The summed E-state index contributed by atoms with van der Waals surface area (Å²) in [5.41, 5.74) is 8.34. The van der Waals surface area contributed by atoms with Crippen LogP contribution >= 0.6 is 11.6 Å². The van der Waals surface area contributed by atoms with Crippen LogP contribution in [0, 0.1) is 11.7 Å². The molecule has 25 heavy (non-hydrogen) atoms. The SMILES string of the molecule is CC(Nc1nc(N)nc2cccc(-c3ccc(F)c(Cl)c3)c12)C1CC1. The zero-order valence-electron chi connectivity index (χ0n) is 13.8.